The minimum absolute atomic E-state index is 0.0988. The molecule has 0 radical (unpaired) electrons. The number of nitrogens with one attached hydrogen (secondary N) is 2. The number of piperazine rings is 1. The third-order valence-corrected chi connectivity index (χ3v) is 8.19. The van der Waals surface area contributed by atoms with E-state index in [9.17, 15) is 4.79 Å². The number of rotatable bonds is 9. The standard InChI is InChI=1S/C32H38Cl2N10O2/c1-32(2,3)46-31(45)42-15-13-41(14-16-42)27(21-5-9-23(33)10-6-21)28(22-7-11-24(34)12-8-22)44(36)18-25(37-4)17-43-20-40-29(35)26-30(43)39-19-38-26/h5-12,18-20,27-28,35H,4,13-17,36H2,1-3H3,(H,38,39)/b25-18-,35-29?/t27-,28+/m1/s1. The van der Waals surface area contributed by atoms with Crippen LogP contribution in [0.4, 0.5) is 4.79 Å². The van der Waals surface area contributed by atoms with Crippen molar-refractivity contribution in [2.75, 3.05) is 26.2 Å². The Labute approximate surface area is 277 Å². The number of amides is 1. The van der Waals surface area contributed by atoms with Crippen molar-refractivity contribution in [2.45, 2.75) is 45.0 Å². The van der Waals surface area contributed by atoms with Crippen LogP contribution in [0.5, 0.6) is 0 Å². The van der Waals surface area contributed by atoms with E-state index in [4.69, 9.17) is 39.2 Å². The van der Waals surface area contributed by atoms with Crippen molar-refractivity contribution < 1.29 is 9.53 Å². The summed E-state index contributed by atoms with van der Waals surface area (Å²) in [5.74, 6) is 6.98. The number of imidazole rings is 1. The van der Waals surface area contributed by atoms with Crippen LogP contribution in [0.25, 0.3) is 11.2 Å². The SMILES string of the molecule is C=N/C(=C\N(N)[C@@H](c1ccc(Cl)cc1)[C@@H](c1ccc(Cl)cc1)N1CCN(C(=O)OC(C)(C)C)CC1)Cn1cnc(=N)c2[nH]cnc21. The van der Waals surface area contributed by atoms with Gasteiger partial charge in [0, 0.05) is 42.4 Å². The number of H-pyrrole nitrogens is 1. The van der Waals surface area contributed by atoms with Crippen LogP contribution in [-0.4, -0.2) is 78.9 Å². The lowest BCUT2D eigenvalue weighted by atomic mass is 9.91. The number of ether oxygens (including phenoxy) is 1. The molecule has 0 unspecified atom stereocenters. The van der Waals surface area contributed by atoms with Gasteiger partial charge >= 0.3 is 6.09 Å². The fraction of sp³-hybridized carbons (Fsp3) is 0.344. The van der Waals surface area contributed by atoms with Gasteiger partial charge in [0.05, 0.1) is 37.0 Å². The fourth-order valence-electron chi connectivity index (χ4n) is 5.54. The number of aromatic nitrogens is 4. The zero-order valence-corrected chi connectivity index (χ0v) is 27.5. The highest BCUT2D eigenvalue weighted by Gasteiger charge is 2.36. The Hall–Kier alpha value is -4.23. The van der Waals surface area contributed by atoms with Crippen molar-refractivity contribution in [3.8, 4) is 0 Å². The maximum absolute atomic E-state index is 12.9. The van der Waals surface area contributed by atoms with E-state index in [1.807, 2.05) is 69.3 Å². The summed E-state index contributed by atoms with van der Waals surface area (Å²) in [4.78, 5) is 32.7. The number of nitrogens with two attached hydrogens (primary N) is 1. The molecule has 4 N–H and O–H groups in total. The topological polar surface area (TPSA) is 145 Å². The summed E-state index contributed by atoms with van der Waals surface area (Å²) in [7, 11) is 0. The maximum Gasteiger partial charge on any atom is 0.410 e. The van der Waals surface area contributed by atoms with E-state index >= 15 is 0 Å². The molecule has 3 heterocycles. The number of allylic oxidation sites excluding steroid dienone is 1. The lowest BCUT2D eigenvalue weighted by Crippen LogP contribution is -2.53. The lowest BCUT2D eigenvalue weighted by Gasteiger charge is -2.44. The van der Waals surface area contributed by atoms with Crippen molar-refractivity contribution in [1.82, 2.24) is 34.3 Å². The Kier molecular flexibility index (Phi) is 10.1. The van der Waals surface area contributed by atoms with E-state index in [1.54, 1.807) is 27.0 Å². The molecule has 1 amide bonds. The summed E-state index contributed by atoms with van der Waals surface area (Å²) in [6.07, 6.45) is 4.50. The van der Waals surface area contributed by atoms with Gasteiger partial charge in [-0.1, -0.05) is 47.5 Å². The number of carbonyl (C=O) groups is 1. The van der Waals surface area contributed by atoms with Crippen LogP contribution in [-0.2, 0) is 11.3 Å². The molecule has 46 heavy (non-hydrogen) atoms. The highest BCUT2D eigenvalue weighted by atomic mass is 35.5. The summed E-state index contributed by atoms with van der Waals surface area (Å²) in [6.45, 7) is 11.8. The molecule has 0 bridgehead atoms. The molecular weight excluding hydrogens is 627 g/mol. The first-order chi connectivity index (χ1) is 21.9. The van der Waals surface area contributed by atoms with Gasteiger partial charge < -0.3 is 24.2 Å². The second kappa shape index (κ2) is 14.0. The Morgan fingerprint density at radius 1 is 1.09 bits per heavy atom. The van der Waals surface area contributed by atoms with Crippen LogP contribution in [0.15, 0.2) is 78.1 Å². The molecule has 1 saturated heterocycles. The van der Waals surface area contributed by atoms with Crippen molar-refractivity contribution >= 4 is 47.2 Å². The number of hydrogen-bond acceptors (Lipinski definition) is 9. The Bertz CT molecular complexity index is 1750. The molecule has 5 rings (SSSR count). The lowest BCUT2D eigenvalue weighted by molar-refractivity contribution is 0.00370. The van der Waals surface area contributed by atoms with Gasteiger partial charge in [0.25, 0.3) is 0 Å². The van der Waals surface area contributed by atoms with Crippen molar-refractivity contribution in [2.24, 2.45) is 10.8 Å². The highest BCUT2D eigenvalue weighted by molar-refractivity contribution is 6.30. The number of hydrogen-bond donors (Lipinski definition) is 3. The average molecular weight is 666 g/mol. The van der Waals surface area contributed by atoms with Gasteiger partial charge in [-0.3, -0.25) is 15.3 Å². The predicted octanol–water partition coefficient (Wildman–Crippen LogP) is 5.30. The smallest absolute Gasteiger partial charge is 0.410 e. The van der Waals surface area contributed by atoms with Crippen LogP contribution in [0.2, 0.25) is 10.0 Å². The molecule has 2 aromatic carbocycles. The van der Waals surface area contributed by atoms with Crippen molar-refractivity contribution in [3.63, 3.8) is 0 Å². The van der Waals surface area contributed by atoms with Crippen LogP contribution >= 0.6 is 23.2 Å². The molecule has 0 saturated carbocycles. The van der Waals surface area contributed by atoms with E-state index in [1.165, 1.54) is 6.33 Å². The molecule has 1 aliphatic rings. The Balaban J connectivity index is 1.51. The minimum atomic E-state index is -0.580. The predicted molar refractivity (Wildman–Crippen MR) is 179 cm³/mol. The van der Waals surface area contributed by atoms with E-state index in [0.29, 0.717) is 53.1 Å². The second-order valence-electron chi connectivity index (χ2n) is 12.0. The number of aromatic amines is 1. The summed E-state index contributed by atoms with van der Waals surface area (Å²) in [5, 5.41) is 10.9. The third kappa shape index (κ3) is 7.76. The van der Waals surface area contributed by atoms with Gasteiger partial charge in [0.15, 0.2) is 11.1 Å². The second-order valence-corrected chi connectivity index (χ2v) is 12.9. The molecule has 14 heteroatoms. The molecule has 12 nitrogen and oxygen atoms in total. The van der Waals surface area contributed by atoms with Crippen LogP contribution in [0.3, 0.4) is 0 Å². The highest BCUT2D eigenvalue weighted by Crippen LogP contribution is 2.39. The first kappa shape index (κ1) is 33.1. The van der Waals surface area contributed by atoms with E-state index in [-0.39, 0.29) is 24.2 Å². The van der Waals surface area contributed by atoms with Crippen LogP contribution in [0, 0.1) is 5.41 Å². The summed E-state index contributed by atoms with van der Waals surface area (Å²) in [5.41, 5.74) is 3.07. The van der Waals surface area contributed by atoms with Crippen LogP contribution in [0.1, 0.15) is 44.0 Å². The summed E-state index contributed by atoms with van der Waals surface area (Å²) >= 11 is 12.6. The van der Waals surface area contributed by atoms with Crippen molar-refractivity contribution in [1.29, 1.82) is 5.41 Å². The molecule has 1 aliphatic heterocycles. The van der Waals surface area contributed by atoms with Gasteiger partial charge in [0.1, 0.15) is 11.1 Å². The zero-order chi connectivity index (χ0) is 33.0. The number of benzene rings is 2. The first-order valence-corrected chi connectivity index (χ1v) is 15.6. The average Bonchev–Trinajstić information content (AvgIpc) is 3.53. The Morgan fingerprint density at radius 3 is 2.28 bits per heavy atom. The first-order valence-electron chi connectivity index (χ1n) is 14.8. The maximum atomic E-state index is 12.9. The molecule has 1 fully saturated rings. The van der Waals surface area contributed by atoms with Crippen LogP contribution < -0.4 is 11.3 Å². The van der Waals surface area contributed by atoms with Gasteiger partial charge in [0.2, 0.25) is 0 Å². The minimum Gasteiger partial charge on any atom is -0.444 e. The van der Waals surface area contributed by atoms with Gasteiger partial charge in [-0.15, -0.1) is 0 Å². The third-order valence-electron chi connectivity index (χ3n) is 7.69. The molecule has 242 valence electrons. The van der Waals surface area contributed by atoms with E-state index < -0.39 is 11.6 Å². The fourth-order valence-corrected chi connectivity index (χ4v) is 5.79. The molecule has 4 aromatic rings. The number of fused-ring (bicyclic) bond motifs is 1. The summed E-state index contributed by atoms with van der Waals surface area (Å²) < 4.78 is 7.42. The van der Waals surface area contributed by atoms with E-state index in [0.717, 1.165) is 11.1 Å². The van der Waals surface area contributed by atoms with Gasteiger partial charge in [-0.05, 0) is 62.9 Å². The quantitative estimate of drug-likeness (QED) is 0.125. The molecule has 0 aliphatic carbocycles. The normalized spacial score (nSPS) is 15.9. The van der Waals surface area contributed by atoms with Crippen molar-refractivity contribution in [3.05, 3.63) is 99.7 Å². The number of aliphatic imine (C=N–C) groups is 1. The largest absolute Gasteiger partial charge is 0.444 e. The number of carbonyl (C=O) groups excluding carboxylic acids is 1. The number of nitrogens with zero attached hydrogens (tertiary/aromatic N) is 7. The zero-order valence-electron chi connectivity index (χ0n) is 26.0. The Morgan fingerprint density at radius 2 is 1.70 bits per heavy atom. The monoisotopic (exact) mass is 664 g/mol. The molecular formula is C32H38Cl2N10O2. The molecule has 2 aromatic heterocycles. The number of hydrazine groups is 1. The number of halogens is 2. The van der Waals surface area contributed by atoms with E-state index in [2.05, 4.69) is 31.6 Å². The molecule has 2 atom stereocenters. The van der Waals surface area contributed by atoms with Gasteiger partial charge in [-0.2, -0.15) is 0 Å². The molecule has 0 spiro atoms. The summed E-state index contributed by atoms with van der Waals surface area (Å²) in [6, 6.07) is 14.6. The van der Waals surface area contributed by atoms with Gasteiger partial charge in [-0.25, -0.2) is 20.6 Å².